The molecule has 4 aromatic rings. The first-order chi connectivity index (χ1) is 16.8. The number of ether oxygens (including phenoxy) is 1. The maximum absolute atomic E-state index is 13.3. The van der Waals surface area contributed by atoms with Crippen molar-refractivity contribution in [3.05, 3.63) is 101 Å². The van der Waals surface area contributed by atoms with Crippen molar-refractivity contribution in [2.45, 2.75) is 39.7 Å². The van der Waals surface area contributed by atoms with Gasteiger partial charge < -0.3 is 4.74 Å². The highest BCUT2D eigenvalue weighted by Crippen LogP contribution is 2.35. The lowest BCUT2D eigenvalue weighted by Gasteiger charge is -2.14. The fraction of sp³-hybridized carbons (Fsp3) is 0.222. The molecule has 1 aromatic heterocycles. The second-order valence-corrected chi connectivity index (χ2v) is 11.0. The van der Waals surface area contributed by atoms with Gasteiger partial charge in [0.15, 0.2) is 0 Å². The van der Waals surface area contributed by atoms with Crippen LogP contribution in [0.4, 0.5) is 0 Å². The Morgan fingerprint density at radius 2 is 1.83 bits per heavy atom. The predicted molar refractivity (Wildman–Crippen MR) is 153 cm³/mol. The number of nitrogens with zero attached hydrogens (tertiary/aromatic N) is 3. The molecule has 0 aliphatic carbocycles. The minimum absolute atomic E-state index is 0.0729. The molecular weight excluding hydrogens is 638 g/mol. The zero-order valence-electron chi connectivity index (χ0n) is 19.6. The molecule has 1 atom stereocenters. The Hall–Kier alpha value is -2.29. The van der Waals surface area contributed by atoms with Crippen molar-refractivity contribution in [2.24, 2.45) is 5.10 Å². The van der Waals surface area contributed by atoms with Crippen molar-refractivity contribution in [3.63, 3.8) is 0 Å². The molecule has 0 radical (unpaired) electrons. The first kappa shape index (κ1) is 25.8. The van der Waals surface area contributed by atoms with Gasteiger partial charge in [0.1, 0.15) is 18.2 Å². The first-order valence-corrected chi connectivity index (χ1v) is 13.6. The number of rotatable bonds is 7. The highest BCUT2D eigenvalue weighted by molar-refractivity contribution is 9.11. The molecule has 0 N–H and O–H groups in total. The van der Waals surface area contributed by atoms with E-state index in [-0.39, 0.29) is 11.5 Å². The molecule has 3 aromatic carbocycles. The predicted octanol–water partition coefficient (Wildman–Crippen LogP) is 7.97. The number of fused-ring (bicyclic) bond motifs is 1. The van der Waals surface area contributed by atoms with Crippen LogP contribution in [0.5, 0.6) is 5.75 Å². The van der Waals surface area contributed by atoms with Gasteiger partial charge in [0.2, 0.25) is 0 Å². The van der Waals surface area contributed by atoms with Crippen LogP contribution in [0, 0.1) is 6.92 Å². The fourth-order valence-electron chi connectivity index (χ4n) is 3.65. The number of halogens is 3. The number of hydrogen-bond donors (Lipinski definition) is 0. The van der Waals surface area contributed by atoms with Gasteiger partial charge in [-0.15, -0.1) is 0 Å². The monoisotopic (exact) mass is 659 g/mol. The molecule has 0 aliphatic rings. The lowest BCUT2D eigenvalue weighted by atomic mass is 10.1. The van der Waals surface area contributed by atoms with E-state index in [9.17, 15) is 4.79 Å². The lowest BCUT2D eigenvalue weighted by Crippen LogP contribution is -2.23. The standard InChI is InChI=1S/C27H24Br3N3O2/c1-4-17(3)26-32-24-9-8-20(28)13-21(24)27(34)33(26)31-14-19-11-22(29)25(23(30)12-19)35-15-18-7-5-6-16(2)10-18/h5-14,17H,4,15H2,1-3H3/t17-/m1/s1. The summed E-state index contributed by atoms with van der Waals surface area (Å²) in [5.74, 6) is 1.42. The van der Waals surface area contributed by atoms with Crippen LogP contribution in [0.25, 0.3) is 10.9 Å². The molecule has 0 saturated heterocycles. The van der Waals surface area contributed by atoms with Crippen molar-refractivity contribution in [2.75, 3.05) is 0 Å². The molecular formula is C27H24Br3N3O2. The van der Waals surface area contributed by atoms with Crippen LogP contribution in [0.2, 0.25) is 0 Å². The van der Waals surface area contributed by atoms with E-state index < -0.39 is 0 Å². The van der Waals surface area contributed by atoms with Crippen molar-refractivity contribution >= 4 is 64.9 Å². The molecule has 0 amide bonds. The second-order valence-electron chi connectivity index (χ2n) is 8.39. The lowest BCUT2D eigenvalue weighted by molar-refractivity contribution is 0.302. The van der Waals surface area contributed by atoms with Crippen molar-refractivity contribution < 1.29 is 4.74 Å². The SMILES string of the molecule is CC[C@@H](C)c1nc2ccc(Br)cc2c(=O)n1N=Cc1cc(Br)c(OCc2cccc(C)c2)c(Br)c1. The number of benzene rings is 3. The van der Waals surface area contributed by atoms with Gasteiger partial charge in [-0.3, -0.25) is 4.79 Å². The van der Waals surface area contributed by atoms with Crippen LogP contribution in [0.1, 0.15) is 48.7 Å². The molecule has 5 nitrogen and oxygen atoms in total. The van der Waals surface area contributed by atoms with Crippen LogP contribution in [-0.4, -0.2) is 15.9 Å². The summed E-state index contributed by atoms with van der Waals surface area (Å²) in [6.07, 6.45) is 2.51. The minimum Gasteiger partial charge on any atom is -0.487 e. The van der Waals surface area contributed by atoms with Crippen molar-refractivity contribution in [1.82, 2.24) is 9.66 Å². The molecule has 0 bridgehead atoms. The van der Waals surface area contributed by atoms with Gasteiger partial charge in [0.25, 0.3) is 5.56 Å². The summed E-state index contributed by atoms with van der Waals surface area (Å²) >= 11 is 10.7. The maximum Gasteiger partial charge on any atom is 0.282 e. The number of aromatic nitrogens is 2. The van der Waals surface area contributed by atoms with Crippen LogP contribution in [0.3, 0.4) is 0 Å². The summed E-state index contributed by atoms with van der Waals surface area (Å²) in [5, 5.41) is 5.08. The summed E-state index contributed by atoms with van der Waals surface area (Å²) in [5.41, 5.74) is 3.57. The van der Waals surface area contributed by atoms with Gasteiger partial charge in [-0.05, 0) is 86.7 Å². The highest BCUT2D eigenvalue weighted by atomic mass is 79.9. The quantitative estimate of drug-likeness (QED) is 0.189. The first-order valence-electron chi connectivity index (χ1n) is 11.2. The zero-order valence-corrected chi connectivity index (χ0v) is 24.3. The molecule has 0 saturated carbocycles. The Kier molecular flexibility index (Phi) is 8.24. The van der Waals surface area contributed by atoms with E-state index in [4.69, 9.17) is 9.72 Å². The van der Waals surface area contributed by atoms with E-state index in [1.165, 1.54) is 10.2 Å². The molecule has 0 fully saturated rings. The normalized spacial score (nSPS) is 12.4. The molecule has 1 heterocycles. The van der Waals surface area contributed by atoms with Gasteiger partial charge in [-0.25, -0.2) is 4.98 Å². The van der Waals surface area contributed by atoms with Crippen LogP contribution in [-0.2, 0) is 6.61 Å². The molecule has 4 rings (SSSR count). The van der Waals surface area contributed by atoms with Crippen molar-refractivity contribution in [1.29, 1.82) is 0 Å². The topological polar surface area (TPSA) is 56.5 Å². The van der Waals surface area contributed by atoms with Gasteiger partial charge in [-0.1, -0.05) is 59.6 Å². The molecule has 0 aliphatic heterocycles. The Morgan fingerprint density at radius 1 is 1.09 bits per heavy atom. The van der Waals surface area contributed by atoms with E-state index in [0.29, 0.717) is 29.1 Å². The maximum atomic E-state index is 13.3. The second kappa shape index (κ2) is 11.2. The third-order valence-electron chi connectivity index (χ3n) is 5.70. The summed E-state index contributed by atoms with van der Waals surface area (Å²) in [4.78, 5) is 18.1. The minimum atomic E-state index is -0.195. The molecule has 0 spiro atoms. The number of hydrogen-bond acceptors (Lipinski definition) is 4. The Bertz CT molecular complexity index is 1460. The summed E-state index contributed by atoms with van der Waals surface area (Å²) in [7, 11) is 0. The fourth-order valence-corrected chi connectivity index (χ4v) is 5.46. The average Bonchev–Trinajstić information content (AvgIpc) is 2.82. The zero-order chi connectivity index (χ0) is 25.1. The molecule has 0 unspecified atom stereocenters. The summed E-state index contributed by atoms with van der Waals surface area (Å²) < 4.78 is 9.87. The number of aryl methyl sites for hydroxylation is 1. The average molecular weight is 662 g/mol. The third kappa shape index (κ3) is 5.93. The summed E-state index contributed by atoms with van der Waals surface area (Å²) in [6.45, 7) is 6.63. The smallest absolute Gasteiger partial charge is 0.282 e. The van der Waals surface area contributed by atoms with Gasteiger partial charge in [-0.2, -0.15) is 9.78 Å². The molecule has 35 heavy (non-hydrogen) atoms. The van der Waals surface area contributed by atoms with E-state index in [0.717, 1.165) is 31.0 Å². The van der Waals surface area contributed by atoms with Gasteiger partial charge in [0, 0.05) is 10.4 Å². The van der Waals surface area contributed by atoms with E-state index in [1.54, 1.807) is 12.3 Å². The van der Waals surface area contributed by atoms with Crippen LogP contribution < -0.4 is 10.3 Å². The molecule has 8 heteroatoms. The Balaban J connectivity index is 1.67. The molecule has 180 valence electrons. The Morgan fingerprint density at radius 3 is 2.51 bits per heavy atom. The summed E-state index contributed by atoms with van der Waals surface area (Å²) in [6, 6.07) is 17.6. The van der Waals surface area contributed by atoms with E-state index >= 15 is 0 Å². The third-order valence-corrected chi connectivity index (χ3v) is 7.37. The van der Waals surface area contributed by atoms with Crippen LogP contribution in [0.15, 0.2) is 77.9 Å². The van der Waals surface area contributed by atoms with Crippen LogP contribution >= 0.6 is 47.8 Å². The van der Waals surface area contributed by atoms with Crippen molar-refractivity contribution in [3.8, 4) is 5.75 Å². The van der Waals surface area contributed by atoms with Gasteiger partial charge >= 0.3 is 0 Å². The Labute approximate surface area is 229 Å². The largest absolute Gasteiger partial charge is 0.487 e. The van der Waals surface area contributed by atoms with E-state index in [1.807, 2.05) is 43.3 Å². The highest BCUT2D eigenvalue weighted by Gasteiger charge is 2.16. The van der Waals surface area contributed by atoms with E-state index in [2.05, 4.69) is 78.9 Å². The van der Waals surface area contributed by atoms with Gasteiger partial charge in [0.05, 0.1) is 26.1 Å².